The van der Waals surface area contributed by atoms with Gasteiger partial charge < -0.3 is 5.32 Å². The van der Waals surface area contributed by atoms with Gasteiger partial charge in [0.15, 0.2) is 0 Å². The molecule has 0 aliphatic rings. The molecule has 1 aromatic heterocycles. The molecule has 0 unspecified atom stereocenters. The van der Waals surface area contributed by atoms with Crippen molar-refractivity contribution in [1.82, 2.24) is 15.1 Å². The Kier molecular flexibility index (Phi) is 5.31. The highest BCUT2D eigenvalue weighted by molar-refractivity contribution is 6.32. The van der Waals surface area contributed by atoms with Gasteiger partial charge in [-0.3, -0.25) is 0 Å². The largest absolute Gasteiger partial charge is 0.312 e. The van der Waals surface area contributed by atoms with Crippen molar-refractivity contribution in [2.24, 2.45) is 5.92 Å². The van der Waals surface area contributed by atoms with Gasteiger partial charge >= 0.3 is 0 Å². The highest BCUT2D eigenvalue weighted by Gasteiger charge is 2.14. The predicted octanol–water partition coefficient (Wildman–Crippen LogP) is 4.54. The van der Waals surface area contributed by atoms with Crippen molar-refractivity contribution in [2.45, 2.75) is 34.2 Å². The summed E-state index contributed by atoms with van der Waals surface area (Å²) in [6.07, 6.45) is 0. The highest BCUT2D eigenvalue weighted by atomic mass is 35.5. The van der Waals surface area contributed by atoms with E-state index in [0.29, 0.717) is 16.0 Å². The lowest BCUT2D eigenvalue weighted by atomic mass is 10.1. The lowest BCUT2D eigenvalue weighted by molar-refractivity contribution is 0.551. The molecule has 0 fully saturated rings. The molecule has 0 aliphatic heterocycles. The number of rotatable bonds is 5. The van der Waals surface area contributed by atoms with Gasteiger partial charge in [-0.25, -0.2) is 4.68 Å². The molecule has 2 rings (SSSR count). The minimum Gasteiger partial charge on any atom is -0.312 e. The first-order chi connectivity index (χ1) is 9.90. The molecule has 1 aromatic carbocycles. The first-order valence-electron chi connectivity index (χ1n) is 7.11. The normalized spacial score (nSPS) is 11.4. The SMILES string of the molecule is Cc1nn(-c2cc(Cl)ccc2CNCC(C)C)c(C)c1Cl. The Morgan fingerprint density at radius 2 is 1.95 bits per heavy atom. The van der Waals surface area contributed by atoms with Crippen molar-refractivity contribution in [3.8, 4) is 5.69 Å². The maximum Gasteiger partial charge on any atom is 0.0848 e. The van der Waals surface area contributed by atoms with Crippen LogP contribution in [0.5, 0.6) is 0 Å². The topological polar surface area (TPSA) is 29.9 Å². The van der Waals surface area contributed by atoms with Crippen LogP contribution >= 0.6 is 23.2 Å². The number of aryl methyl sites for hydroxylation is 1. The fraction of sp³-hybridized carbons (Fsp3) is 0.438. The summed E-state index contributed by atoms with van der Waals surface area (Å²) in [6.45, 7) is 10.0. The summed E-state index contributed by atoms with van der Waals surface area (Å²) in [6, 6.07) is 5.88. The van der Waals surface area contributed by atoms with Gasteiger partial charge in [0.05, 0.1) is 22.1 Å². The minimum absolute atomic E-state index is 0.615. The molecule has 3 nitrogen and oxygen atoms in total. The first kappa shape index (κ1) is 16.3. The highest BCUT2D eigenvalue weighted by Crippen LogP contribution is 2.26. The van der Waals surface area contributed by atoms with Crippen LogP contribution in [0.25, 0.3) is 5.69 Å². The molecule has 0 radical (unpaired) electrons. The second-order valence-electron chi connectivity index (χ2n) is 5.69. The maximum atomic E-state index is 6.25. The molecule has 2 aromatic rings. The third kappa shape index (κ3) is 3.79. The van der Waals surface area contributed by atoms with Crippen LogP contribution in [0.3, 0.4) is 0 Å². The van der Waals surface area contributed by atoms with Crippen molar-refractivity contribution in [3.63, 3.8) is 0 Å². The van der Waals surface area contributed by atoms with Gasteiger partial charge in [0.25, 0.3) is 0 Å². The Hall–Kier alpha value is -1.03. The zero-order valence-electron chi connectivity index (χ0n) is 12.9. The molecule has 5 heteroatoms. The maximum absolute atomic E-state index is 6.25. The Morgan fingerprint density at radius 1 is 1.24 bits per heavy atom. The third-order valence-corrected chi connectivity index (χ3v) is 4.13. The molecule has 0 saturated heterocycles. The van der Waals surface area contributed by atoms with Gasteiger partial charge in [-0.1, -0.05) is 43.1 Å². The van der Waals surface area contributed by atoms with Gasteiger partial charge in [-0.15, -0.1) is 0 Å². The van der Waals surface area contributed by atoms with E-state index in [1.54, 1.807) is 0 Å². The number of benzene rings is 1. The van der Waals surface area contributed by atoms with Crippen LogP contribution in [-0.4, -0.2) is 16.3 Å². The van der Waals surface area contributed by atoms with Crippen molar-refractivity contribution in [1.29, 1.82) is 0 Å². The summed E-state index contributed by atoms with van der Waals surface area (Å²) in [5.74, 6) is 0.615. The molecule has 0 bridgehead atoms. The fourth-order valence-electron chi connectivity index (χ4n) is 2.24. The number of hydrogen-bond acceptors (Lipinski definition) is 2. The summed E-state index contributed by atoms with van der Waals surface area (Å²) in [5, 5.41) is 9.38. The lowest BCUT2D eigenvalue weighted by Crippen LogP contribution is -2.20. The molecule has 21 heavy (non-hydrogen) atoms. The van der Waals surface area contributed by atoms with E-state index in [0.717, 1.165) is 35.7 Å². The zero-order valence-corrected chi connectivity index (χ0v) is 14.4. The number of aromatic nitrogens is 2. The summed E-state index contributed by atoms with van der Waals surface area (Å²) in [4.78, 5) is 0. The van der Waals surface area contributed by atoms with Crippen LogP contribution in [-0.2, 0) is 6.54 Å². The van der Waals surface area contributed by atoms with Gasteiger partial charge in [0, 0.05) is 11.6 Å². The standard InChI is InChI=1S/C16H21Cl2N3/c1-10(2)8-19-9-13-5-6-14(17)7-15(13)21-12(4)16(18)11(3)20-21/h5-7,10,19H,8-9H2,1-4H3. The molecule has 1 N–H and O–H groups in total. The molecule has 0 atom stereocenters. The van der Waals surface area contributed by atoms with E-state index in [9.17, 15) is 0 Å². The molecule has 0 aliphatic carbocycles. The molecular formula is C16H21Cl2N3. The van der Waals surface area contributed by atoms with Crippen molar-refractivity contribution >= 4 is 23.2 Å². The van der Waals surface area contributed by atoms with E-state index in [2.05, 4.69) is 24.3 Å². The first-order valence-corrected chi connectivity index (χ1v) is 7.87. The number of nitrogens with one attached hydrogen (secondary N) is 1. The van der Waals surface area contributed by atoms with Gasteiger partial charge in [-0.05, 0) is 44.0 Å². The lowest BCUT2D eigenvalue weighted by Gasteiger charge is -2.13. The zero-order chi connectivity index (χ0) is 15.6. The molecule has 114 valence electrons. The molecular weight excluding hydrogens is 305 g/mol. The summed E-state index contributed by atoms with van der Waals surface area (Å²) >= 11 is 12.4. The number of hydrogen-bond donors (Lipinski definition) is 1. The van der Waals surface area contributed by atoms with Crippen LogP contribution in [0.2, 0.25) is 10.0 Å². The van der Waals surface area contributed by atoms with Gasteiger partial charge in [0.1, 0.15) is 0 Å². The summed E-state index contributed by atoms with van der Waals surface area (Å²) in [5.41, 5.74) is 3.89. The van der Waals surface area contributed by atoms with Gasteiger partial charge in [-0.2, -0.15) is 5.10 Å². The van der Waals surface area contributed by atoms with Crippen LogP contribution in [0.4, 0.5) is 0 Å². The third-order valence-electron chi connectivity index (χ3n) is 3.35. The number of nitrogens with zero attached hydrogens (tertiary/aromatic N) is 2. The van der Waals surface area contributed by atoms with E-state index in [-0.39, 0.29) is 0 Å². The van der Waals surface area contributed by atoms with E-state index in [1.807, 2.05) is 36.7 Å². The Morgan fingerprint density at radius 3 is 2.52 bits per heavy atom. The molecule has 1 heterocycles. The van der Waals surface area contributed by atoms with E-state index in [4.69, 9.17) is 23.2 Å². The summed E-state index contributed by atoms with van der Waals surface area (Å²) in [7, 11) is 0. The average molecular weight is 326 g/mol. The quantitative estimate of drug-likeness (QED) is 0.874. The fourth-order valence-corrected chi connectivity index (χ4v) is 2.52. The molecule has 0 saturated carbocycles. The Bertz CT molecular complexity index is 633. The van der Waals surface area contributed by atoms with E-state index < -0.39 is 0 Å². The van der Waals surface area contributed by atoms with Crippen LogP contribution < -0.4 is 5.32 Å². The van der Waals surface area contributed by atoms with Crippen molar-refractivity contribution in [3.05, 3.63) is 45.2 Å². The van der Waals surface area contributed by atoms with E-state index >= 15 is 0 Å². The second-order valence-corrected chi connectivity index (χ2v) is 6.51. The average Bonchev–Trinajstić information content (AvgIpc) is 2.68. The second kappa shape index (κ2) is 6.82. The molecule has 0 spiro atoms. The summed E-state index contributed by atoms with van der Waals surface area (Å²) < 4.78 is 1.87. The molecule has 0 amide bonds. The van der Waals surface area contributed by atoms with Crippen molar-refractivity contribution in [2.75, 3.05) is 6.54 Å². The number of halogens is 2. The van der Waals surface area contributed by atoms with Crippen LogP contribution in [0, 0.1) is 19.8 Å². The Labute approximate surface area is 136 Å². The monoisotopic (exact) mass is 325 g/mol. The van der Waals surface area contributed by atoms with E-state index in [1.165, 1.54) is 0 Å². The van der Waals surface area contributed by atoms with Gasteiger partial charge in [0.2, 0.25) is 0 Å². The predicted molar refractivity (Wildman–Crippen MR) is 89.6 cm³/mol. The minimum atomic E-state index is 0.615. The smallest absolute Gasteiger partial charge is 0.0848 e. The Balaban J connectivity index is 2.37. The van der Waals surface area contributed by atoms with Crippen molar-refractivity contribution < 1.29 is 0 Å². The van der Waals surface area contributed by atoms with Crippen LogP contribution in [0.15, 0.2) is 18.2 Å². The van der Waals surface area contributed by atoms with Crippen LogP contribution in [0.1, 0.15) is 30.8 Å².